The van der Waals surface area contributed by atoms with Gasteiger partial charge in [0.25, 0.3) is 0 Å². The van der Waals surface area contributed by atoms with Gasteiger partial charge in [-0.3, -0.25) is 9.67 Å². The van der Waals surface area contributed by atoms with Gasteiger partial charge in [0.15, 0.2) is 0 Å². The van der Waals surface area contributed by atoms with Gasteiger partial charge in [0.05, 0.1) is 25.7 Å². The van der Waals surface area contributed by atoms with E-state index in [9.17, 15) is 4.79 Å². The lowest BCUT2D eigenvalue weighted by Gasteiger charge is -2.06. The number of aliphatic imine (C=N–C) groups is 2. The number of halogens is 2. The fourth-order valence-electron chi connectivity index (χ4n) is 2.85. The molecule has 3 aromatic rings. The number of nitrogens with two attached hydrogens (primary N) is 1. The maximum absolute atomic E-state index is 11.7. The first-order valence-corrected chi connectivity index (χ1v) is 8.99. The van der Waals surface area contributed by atoms with E-state index in [4.69, 9.17) is 28.9 Å². The zero-order valence-electron chi connectivity index (χ0n) is 15.2. The number of esters is 1. The number of hydrogen-bond donors (Lipinski definition) is 1. The first kappa shape index (κ1) is 19.9. The van der Waals surface area contributed by atoms with Gasteiger partial charge in [-0.05, 0) is 12.1 Å². The molecule has 0 aliphatic carbocycles. The van der Waals surface area contributed by atoms with Crippen molar-refractivity contribution in [3.05, 3.63) is 52.1 Å². The maximum atomic E-state index is 11.7. The standard InChI is InChI=1S/C19H17Cl2N5O2/c1-26-16(9-23-18(24-10-22)19(27)28-2)14-5-3-4-13(17(14)25-26)12-7-6-11(20)8-15(12)21/h3-8,10H,9H2,1-2H3,(H2,22,23,24). The summed E-state index contributed by atoms with van der Waals surface area (Å²) in [6.07, 6.45) is 0.998. The number of amidine groups is 1. The molecule has 0 aliphatic rings. The monoisotopic (exact) mass is 417 g/mol. The molecule has 0 radical (unpaired) electrons. The van der Waals surface area contributed by atoms with Crippen molar-refractivity contribution in [2.75, 3.05) is 7.11 Å². The summed E-state index contributed by atoms with van der Waals surface area (Å²) in [5.41, 5.74) is 8.55. The number of nitrogens with zero attached hydrogens (tertiary/aromatic N) is 4. The van der Waals surface area contributed by atoms with Crippen LogP contribution in [0.15, 0.2) is 46.4 Å². The first-order valence-electron chi connectivity index (χ1n) is 8.23. The summed E-state index contributed by atoms with van der Waals surface area (Å²) in [5, 5.41) is 6.60. The Balaban J connectivity index is 2.09. The molecule has 3 rings (SSSR count). The van der Waals surface area contributed by atoms with E-state index in [1.54, 1.807) is 16.8 Å². The van der Waals surface area contributed by atoms with Crippen LogP contribution in [0.4, 0.5) is 0 Å². The van der Waals surface area contributed by atoms with Crippen LogP contribution < -0.4 is 5.73 Å². The van der Waals surface area contributed by atoms with Gasteiger partial charge in [0.2, 0.25) is 5.84 Å². The molecule has 9 heteroatoms. The summed E-state index contributed by atoms with van der Waals surface area (Å²) in [6, 6.07) is 11.1. The first-order chi connectivity index (χ1) is 13.5. The molecule has 0 amide bonds. The molecule has 0 saturated heterocycles. The number of hydrogen-bond acceptors (Lipinski definition) is 4. The van der Waals surface area contributed by atoms with Crippen molar-refractivity contribution in [3.63, 3.8) is 0 Å². The van der Waals surface area contributed by atoms with Gasteiger partial charge in [-0.1, -0.05) is 47.5 Å². The van der Waals surface area contributed by atoms with Crippen LogP contribution in [0.5, 0.6) is 0 Å². The molecule has 0 unspecified atom stereocenters. The summed E-state index contributed by atoms with van der Waals surface area (Å²) >= 11 is 12.4. The van der Waals surface area contributed by atoms with Crippen molar-refractivity contribution < 1.29 is 9.53 Å². The van der Waals surface area contributed by atoms with E-state index >= 15 is 0 Å². The third-order valence-corrected chi connectivity index (χ3v) is 4.70. The number of methoxy groups -OCH3 is 1. The predicted octanol–water partition coefficient (Wildman–Crippen LogP) is 3.61. The number of ether oxygens (including phenoxy) is 1. The molecule has 0 fully saturated rings. The number of carbonyl (C=O) groups excluding carboxylic acids is 1. The van der Waals surface area contributed by atoms with Crippen molar-refractivity contribution in [3.8, 4) is 11.1 Å². The highest BCUT2D eigenvalue weighted by atomic mass is 35.5. The zero-order chi connectivity index (χ0) is 20.3. The molecule has 1 heterocycles. The highest BCUT2D eigenvalue weighted by Gasteiger charge is 2.16. The highest BCUT2D eigenvalue weighted by Crippen LogP contribution is 2.35. The topological polar surface area (TPSA) is 94.9 Å². The molecule has 0 saturated carbocycles. The van der Waals surface area contributed by atoms with Gasteiger partial charge in [-0.15, -0.1) is 0 Å². The lowest BCUT2D eigenvalue weighted by Crippen LogP contribution is -2.15. The lowest BCUT2D eigenvalue weighted by atomic mass is 10.0. The molecule has 144 valence electrons. The quantitative estimate of drug-likeness (QED) is 0.399. The highest BCUT2D eigenvalue weighted by molar-refractivity contribution is 6.37. The lowest BCUT2D eigenvalue weighted by molar-refractivity contribution is -0.132. The normalized spacial score (nSPS) is 12.1. The Morgan fingerprint density at radius 3 is 2.75 bits per heavy atom. The molecule has 0 bridgehead atoms. The van der Waals surface area contributed by atoms with E-state index in [0.717, 1.165) is 34.1 Å². The minimum atomic E-state index is -0.665. The van der Waals surface area contributed by atoms with Crippen LogP contribution in [0.25, 0.3) is 22.0 Å². The van der Waals surface area contributed by atoms with Crippen molar-refractivity contribution in [1.82, 2.24) is 9.78 Å². The van der Waals surface area contributed by atoms with E-state index in [-0.39, 0.29) is 12.4 Å². The third kappa shape index (κ3) is 3.85. The average Bonchev–Trinajstić information content (AvgIpc) is 3.00. The number of rotatable bonds is 3. The Bertz CT molecular complexity index is 1110. The van der Waals surface area contributed by atoms with Crippen molar-refractivity contribution >= 4 is 52.2 Å². The van der Waals surface area contributed by atoms with E-state index in [1.165, 1.54) is 7.11 Å². The molecule has 28 heavy (non-hydrogen) atoms. The summed E-state index contributed by atoms with van der Waals surface area (Å²) in [4.78, 5) is 19.7. The smallest absolute Gasteiger partial charge is 0.375 e. The molecule has 0 atom stereocenters. The molecular weight excluding hydrogens is 401 g/mol. The van der Waals surface area contributed by atoms with Gasteiger partial charge in [0, 0.05) is 33.6 Å². The minimum Gasteiger partial charge on any atom is -0.463 e. The Labute approximate surface area is 171 Å². The molecule has 7 nitrogen and oxygen atoms in total. The van der Waals surface area contributed by atoms with Gasteiger partial charge in [0.1, 0.15) is 5.52 Å². The fraction of sp³-hybridized carbons (Fsp3) is 0.158. The number of aromatic nitrogens is 2. The summed E-state index contributed by atoms with van der Waals surface area (Å²) in [7, 11) is 3.06. The van der Waals surface area contributed by atoms with Gasteiger partial charge >= 0.3 is 5.97 Å². The van der Waals surface area contributed by atoms with Crippen LogP contribution in [0.1, 0.15) is 5.69 Å². The van der Waals surface area contributed by atoms with Crippen LogP contribution in [-0.4, -0.2) is 35.0 Å². The van der Waals surface area contributed by atoms with Crippen molar-refractivity contribution in [1.29, 1.82) is 0 Å². The molecular formula is C19H17Cl2N5O2. The van der Waals surface area contributed by atoms with Crippen LogP contribution >= 0.6 is 23.2 Å². The Morgan fingerprint density at radius 1 is 1.29 bits per heavy atom. The molecule has 2 aromatic carbocycles. The number of carbonyl (C=O) groups is 1. The summed E-state index contributed by atoms with van der Waals surface area (Å²) < 4.78 is 6.38. The van der Waals surface area contributed by atoms with Crippen molar-refractivity contribution in [2.45, 2.75) is 6.54 Å². The molecule has 0 aliphatic heterocycles. The van der Waals surface area contributed by atoms with E-state index in [2.05, 4.69) is 19.8 Å². The van der Waals surface area contributed by atoms with Crippen LogP contribution in [0.3, 0.4) is 0 Å². The minimum absolute atomic E-state index is 0.115. The van der Waals surface area contributed by atoms with E-state index in [1.807, 2.05) is 31.3 Å². The van der Waals surface area contributed by atoms with E-state index in [0.29, 0.717) is 10.0 Å². The van der Waals surface area contributed by atoms with Crippen LogP contribution in [0.2, 0.25) is 10.0 Å². The van der Waals surface area contributed by atoms with Gasteiger partial charge in [-0.25, -0.2) is 9.79 Å². The zero-order valence-corrected chi connectivity index (χ0v) is 16.7. The number of benzene rings is 2. The van der Waals surface area contributed by atoms with E-state index < -0.39 is 5.97 Å². The Kier molecular flexibility index (Phi) is 5.96. The Hall–Kier alpha value is -2.90. The average molecular weight is 418 g/mol. The second-order valence-electron chi connectivity index (χ2n) is 5.81. The van der Waals surface area contributed by atoms with Gasteiger partial charge < -0.3 is 10.5 Å². The third-order valence-electron chi connectivity index (χ3n) is 4.15. The van der Waals surface area contributed by atoms with Crippen molar-refractivity contribution in [2.24, 2.45) is 22.8 Å². The molecule has 1 aromatic heterocycles. The largest absolute Gasteiger partial charge is 0.463 e. The van der Waals surface area contributed by atoms with Crippen LogP contribution in [-0.2, 0) is 23.1 Å². The summed E-state index contributed by atoms with van der Waals surface area (Å²) in [6.45, 7) is 0.173. The number of aryl methyl sites for hydroxylation is 1. The van der Waals surface area contributed by atoms with Crippen LogP contribution in [0, 0.1) is 0 Å². The van der Waals surface area contributed by atoms with Gasteiger partial charge in [-0.2, -0.15) is 5.10 Å². The SMILES string of the molecule is COC(=O)C(N=CN)=NCc1c2cccc(-c3ccc(Cl)cc3Cl)c2nn1C. The molecule has 0 spiro atoms. The second-order valence-corrected chi connectivity index (χ2v) is 6.65. The second kappa shape index (κ2) is 8.41. The summed E-state index contributed by atoms with van der Waals surface area (Å²) in [5.74, 6) is -0.780. The predicted molar refractivity (Wildman–Crippen MR) is 112 cm³/mol. The molecule has 2 N–H and O–H groups in total. The maximum Gasteiger partial charge on any atom is 0.375 e. The number of fused-ring (bicyclic) bond motifs is 1. The Morgan fingerprint density at radius 2 is 2.07 bits per heavy atom. The fourth-order valence-corrected chi connectivity index (χ4v) is 3.36.